The molecule has 0 spiro atoms. The third-order valence-corrected chi connectivity index (χ3v) is 5.96. The fourth-order valence-electron chi connectivity index (χ4n) is 4.45. The molecule has 1 heterocycles. The highest BCUT2D eigenvalue weighted by Gasteiger charge is 2.19. The Labute approximate surface area is 188 Å². The number of hydrogen-bond donors (Lipinski definition) is 0. The van der Waals surface area contributed by atoms with E-state index in [-0.39, 0.29) is 0 Å². The van der Waals surface area contributed by atoms with Crippen molar-refractivity contribution >= 4 is 0 Å². The summed E-state index contributed by atoms with van der Waals surface area (Å²) in [5, 5.41) is 0. The molecule has 3 aromatic rings. The van der Waals surface area contributed by atoms with E-state index in [0.29, 0.717) is 0 Å². The molecule has 2 aromatic carbocycles. The van der Waals surface area contributed by atoms with E-state index in [2.05, 4.69) is 81.1 Å². The molecule has 0 radical (unpaired) electrons. The van der Waals surface area contributed by atoms with Gasteiger partial charge in [-0.05, 0) is 49.4 Å². The van der Waals surface area contributed by atoms with E-state index in [1.54, 1.807) is 7.11 Å². The largest absolute Gasteiger partial charge is 0.496 e. The number of rotatable bonds is 10. The van der Waals surface area contributed by atoms with Crippen LogP contribution in [0.1, 0.15) is 55.0 Å². The average Bonchev–Trinajstić information content (AvgIpc) is 2.80. The Morgan fingerprint density at radius 3 is 2.10 bits per heavy atom. The van der Waals surface area contributed by atoms with Crippen molar-refractivity contribution in [2.45, 2.75) is 60.0 Å². The van der Waals surface area contributed by atoms with Crippen molar-refractivity contribution < 1.29 is 4.74 Å². The third kappa shape index (κ3) is 5.34. The Hall–Kier alpha value is -2.65. The molecule has 3 heteroatoms. The summed E-state index contributed by atoms with van der Waals surface area (Å²) in [5.41, 5.74) is 8.65. The summed E-state index contributed by atoms with van der Waals surface area (Å²) in [6.45, 7) is 11.6. The predicted molar refractivity (Wildman–Crippen MR) is 131 cm³/mol. The number of benzene rings is 2. The normalized spacial score (nSPS) is 11.2. The van der Waals surface area contributed by atoms with Gasteiger partial charge < -0.3 is 4.74 Å². The van der Waals surface area contributed by atoms with Crippen LogP contribution in [-0.2, 0) is 25.9 Å². The summed E-state index contributed by atoms with van der Waals surface area (Å²) < 4.78 is 5.95. The van der Waals surface area contributed by atoms with Crippen LogP contribution in [-0.4, -0.2) is 23.5 Å². The lowest BCUT2D eigenvalue weighted by molar-refractivity contribution is 0.252. The first kappa shape index (κ1) is 23.0. The fraction of sp³-hybridized carbons (Fsp3) is 0.393. The van der Waals surface area contributed by atoms with E-state index >= 15 is 0 Å². The van der Waals surface area contributed by atoms with Crippen molar-refractivity contribution in [1.29, 1.82) is 0 Å². The van der Waals surface area contributed by atoms with Crippen LogP contribution < -0.4 is 4.74 Å². The van der Waals surface area contributed by atoms with Crippen molar-refractivity contribution in [1.82, 2.24) is 9.88 Å². The van der Waals surface area contributed by atoms with Gasteiger partial charge in [-0.2, -0.15) is 0 Å². The maximum Gasteiger partial charge on any atom is 0.129 e. The highest BCUT2D eigenvalue weighted by atomic mass is 16.5. The Kier molecular flexibility index (Phi) is 8.25. The molecule has 0 saturated heterocycles. The first-order valence-corrected chi connectivity index (χ1v) is 11.5. The van der Waals surface area contributed by atoms with E-state index in [4.69, 9.17) is 9.72 Å². The highest BCUT2D eigenvalue weighted by molar-refractivity contribution is 5.73. The number of nitrogens with zero attached hydrogens (tertiary/aromatic N) is 2. The van der Waals surface area contributed by atoms with Crippen LogP contribution >= 0.6 is 0 Å². The minimum absolute atomic E-state index is 0.829. The molecule has 31 heavy (non-hydrogen) atoms. The monoisotopic (exact) mass is 416 g/mol. The molecule has 1 aromatic heterocycles. The van der Waals surface area contributed by atoms with Crippen LogP contribution in [0.25, 0.3) is 11.3 Å². The van der Waals surface area contributed by atoms with Crippen molar-refractivity contribution in [2.75, 3.05) is 13.7 Å². The Balaban J connectivity index is 1.98. The smallest absolute Gasteiger partial charge is 0.129 e. The Morgan fingerprint density at radius 2 is 1.52 bits per heavy atom. The molecule has 3 nitrogen and oxygen atoms in total. The highest BCUT2D eigenvalue weighted by Crippen LogP contribution is 2.36. The fourth-order valence-corrected chi connectivity index (χ4v) is 4.45. The molecule has 3 rings (SSSR count). The molecule has 0 aliphatic rings. The zero-order valence-electron chi connectivity index (χ0n) is 19.7. The second-order valence-electron chi connectivity index (χ2n) is 8.14. The zero-order chi connectivity index (χ0) is 22.2. The second-order valence-corrected chi connectivity index (χ2v) is 8.14. The molecule has 0 saturated carbocycles. The van der Waals surface area contributed by atoms with Crippen LogP contribution in [0.3, 0.4) is 0 Å². The van der Waals surface area contributed by atoms with Gasteiger partial charge in [0, 0.05) is 36.0 Å². The lowest BCUT2D eigenvalue weighted by Crippen LogP contribution is -2.24. The molecule has 0 bridgehead atoms. The molecule has 0 amide bonds. The number of aromatic nitrogens is 1. The Bertz CT molecular complexity index is 960. The lowest BCUT2D eigenvalue weighted by atomic mass is 9.92. The van der Waals surface area contributed by atoms with Gasteiger partial charge >= 0.3 is 0 Å². The van der Waals surface area contributed by atoms with Gasteiger partial charge in [0.2, 0.25) is 0 Å². The minimum atomic E-state index is 0.829. The van der Waals surface area contributed by atoms with Crippen molar-refractivity contribution in [2.24, 2.45) is 0 Å². The molecule has 0 fully saturated rings. The third-order valence-electron chi connectivity index (χ3n) is 5.96. The SMILES string of the molecule is CCCN(Cc1ccccc1)Cc1cnc(-c2c(CC)cccc2CC)c(C)c1OC. The maximum atomic E-state index is 5.95. The van der Waals surface area contributed by atoms with Gasteiger partial charge in [0.15, 0.2) is 0 Å². The van der Waals surface area contributed by atoms with Gasteiger partial charge in [-0.25, -0.2) is 0 Å². The van der Waals surface area contributed by atoms with Gasteiger partial charge in [0.1, 0.15) is 5.75 Å². The van der Waals surface area contributed by atoms with E-state index in [1.807, 2.05) is 6.20 Å². The first-order chi connectivity index (χ1) is 15.1. The van der Waals surface area contributed by atoms with Gasteiger partial charge in [0.05, 0.1) is 12.8 Å². The van der Waals surface area contributed by atoms with Crippen molar-refractivity contribution in [3.63, 3.8) is 0 Å². The van der Waals surface area contributed by atoms with Crippen LogP contribution in [0, 0.1) is 6.92 Å². The van der Waals surface area contributed by atoms with Crippen LogP contribution in [0.15, 0.2) is 54.7 Å². The number of aryl methyl sites for hydroxylation is 2. The number of hydrogen-bond acceptors (Lipinski definition) is 3. The van der Waals surface area contributed by atoms with Crippen LogP contribution in [0.2, 0.25) is 0 Å². The maximum absolute atomic E-state index is 5.95. The molecule has 0 aliphatic heterocycles. The van der Waals surface area contributed by atoms with Crippen LogP contribution in [0.4, 0.5) is 0 Å². The summed E-state index contributed by atoms with van der Waals surface area (Å²) in [7, 11) is 1.78. The summed E-state index contributed by atoms with van der Waals surface area (Å²) >= 11 is 0. The van der Waals surface area contributed by atoms with E-state index in [0.717, 1.165) is 61.5 Å². The minimum Gasteiger partial charge on any atom is -0.496 e. The molecule has 164 valence electrons. The topological polar surface area (TPSA) is 25.4 Å². The molecular formula is C28H36N2O. The second kappa shape index (κ2) is 11.1. The standard InChI is InChI=1S/C28H36N2O/c1-6-17-30(19-22-13-10-9-11-14-22)20-25-18-29-27(21(4)28(25)31-5)26-23(7-2)15-12-16-24(26)8-3/h9-16,18H,6-8,17,19-20H2,1-5H3. The van der Waals surface area contributed by atoms with Gasteiger partial charge in [-0.1, -0.05) is 69.3 Å². The quantitative estimate of drug-likeness (QED) is 0.372. The Morgan fingerprint density at radius 1 is 0.839 bits per heavy atom. The average molecular weight is 417 g/mol. The van der Waals surface area contributed by atoms with Gasteiger partial charge in [0.25, 0.3) is 0 Å². The van der Waals surface area contributed by atoms with E-state index in [1.165, 1.54) is 22.3 Å². The first-order valence-electron chi connectivity index (χ1n) is 11.5. The van der Waals surface area contributed by atoms with Crippen molar-refractivity contribution in [3.8, 4) is 17.0 Å². The van der Waals surface area contributed by atoms with E-state index < -0.39 is 0 Å². The zero-order valence-corrected chi connectivity index (χ0v) is 19.7. The van der Waals surface area contributed by atoms with E-state index in [9.17, 15) is 0 Å². The summed E-state index contributed by atoms with van der Waals surface area (Å²) in [6, 6.07) is 17.3. The number of methoxy groups -OCH3 is 1. The lowest BCUT2D eigenvalue weighted by Gasteiger charge is -2.24. The number of pyridine rings is 1. The summed E-state index contributed by atoms with van der Waals surface area (Å²) in [5.74, 6) is 0.965. The predicted octanol–water partition coefficient (Wildman–Crippen LogP) is 6.60. The van der Waals surface area contributed by atoms with Gasteiger partial charge in [-0.15, -0.1) is 0 Å². The number of ether oxygens (including phenoxy) is 1. The summed E-state index contributed by atoms with van der Waals surface area (Å²) in [6.07, 6.45) is 5.13. The summed E-state index contributed by atoms with van der Waals surface area (Å²) in [4.78, 5) is 7.47. The van der Waals surface area contributed by atoms with Gasteiger partial charge in [-0.3, -0.25) is 9.88 Å². The molecule has 0 aliphatic carbocycles. The van der Waals surface area contributed by atoms with Crippen molar-refractivity contribution in [3.05, 3.63) is 82.5 Å². The molecule has 0 N–H and O–H groups in total. The molecular weight excluding hydrogens is 380 g/mol. The van der Waals surface area contributed by atoms with Crippen LogP contribution in [0.5, 0.6) is 5.75 Å². The molecule has 0 atom stereocenters. The molecule has 0 unspecified atom stereocenters.